The van der Waals surface area contributed by atoms with Crippen LogP contribution in [-0.4, -0.2) is 35.9 Å². The van der Waals surface area contributed by atoms with Crippen LogP contribution in [0.15, 0.2) is 0 Å². The average Bonchev–Trinajstić information content (AvgIpc) is 3.09. The maximum Gasteiger partial charge on any atom is 0.305 e. The summed E-state index contributed by atoms with van der Waals surface area (Å²) in [7, 11) is 1.48. The largest absolute Gasteiger partial charge is 0.469 e. The number of esters is 2. The molecular weight excluding hydrogens is 404 g/mol. The van der Waals surface area contributed by atoms with E-state index in [0.29, 0.717) is 41.9 Å². The Morgan fingerprint density at radius 1 is 1.03 bits per heavy atom. The molecule has 182 valence electrons. The number of hydrogen-bond acceptors (Lipinski definition) is 5. The van der Waals surface area contributed by atoms with Crippen molar-refractivity contribution in [2.45, 2.75) is 110 Å². The molecule has 4 aliphatic carbocycles. The van der Waals surface area contributed by atoms with Crippen LogP contribution in [0.5, 0.6) is 0 Å². The van der Waals surface area contributed by atoms with Gasteiger partial charge in [-0.25, -0.2) is 0 Å². The van der Waals surface area contributed by atoms with Gasteiger partial charge in [0.15, 0.2) is 0 Å². The minimum atomic E-state index is -0.716. The molecule has 0 saturated heterocycles. The zero-order valence-corrected chi connectivity index (χ0v) is 20.8. The van der Waals surface area contributed by atoms with E-state index < -0.39 is 5.60 Å². The first kappa shape index (κ1) is 24.0. The molecule has 0 aromatic heterocycles. The van der Waals surface area contributed by atoms with Crippen LogP contribution in [-0.2, 0) is 19.1 Å². The van der Waals surface area contributed by atoms with Crippen molar-refractivity contribution in [3.05, 3.63) is 0 Å². The normalized spacial score (nSPS) is 46.4. The number of methoxy groups -OCH3 is 1. The van der Waals surface area contributed by atoms with E-state index in [1.165, 1.54) is 39.7 Å². The van der Waals surface area contributed by atoms with Gasteiger partial charge in [-0.3, -0.25) is 9.59 Å². The molecule has 32 heavy (non-hydrogen) atoms. The van der Waals surface area contributed by atoms with Gasteiger partial charge >= 0.3 is 11.9 Å². The number of rotatable bonds is 5. The topological polar surface area (TPSA) is 72.8 Å². The van der Waals surface area contributed by atoms with Crippen molar-refractivity contribution in [1.82, 2.24) is 0 Å². The van der Waals surface area contributed by atoms with Crippen LogP contribution in [0.1, 0.15) is 98.3 Å². The summed E-state index contributed by atoms with van der Waals surface area (Å²) < 4.78 is 10.4. The Labute approximate surface area is 194 Å². The molecule has 4 saturated carbocycles. The second-order valence-corrected chi connectivity index (χ2v) is 12.2. The molecule has 4 rings (SSSR count). The van der Waals surface area contributed by atoms with E-state index >= 15 is 0 Å². The van der Waals surface area contributed by atoms with Crippen LogP contribution >= 0.6 is 0 Å². The van der Waals surface area contributed by atoms with Crippen molar-refractivity contribution in [3.8, 4) is 0 Å². The fourth-order valence-electron chi connectivity index (χ4n) is 9.17. The highest BCUT2D eigenvalue weighted by Gasteiger charge is 2.65. The SMILES string of the molecule is COC(=O)CC[C@@H](C)[C@H]1CC[C@H]2[C@@H]3CC[C@]4(O)C[C@H](OC(C)=O)CC[C@]4(C)[C@H]3CC[C@]12C. The van der Waals surface area contributed by atoms with E-state index in [0.717, 1.165) is 38.0 Å². The summed E-state index contributed by atoms with van der Waals surface area (Å²) in [6.45, 7) is 8.67. The zero-order chi connectivity index (χ0) is 23.3. The summed E-state index contributed by atoms with van der Waals surface area (Å²) >= 11 is 0. The quantitative estimate of drug-likeness (QED) is 0.579. The van der Waals surface area contributed by atoms with Crippen molar-refractivity contribution in [1.29, 1.82) is 0 Å². The molecule has 4 aliphatic rings. The van der Waals surface area contributed by atoms with Crippen LogP contribution in [0, 0.1) is 40.4 Å². The molecule has 0 radical (unpaired) electrons. The summed E-state index contributed by atoms with van der Waals surface area (Å²) in [6.07, 6.45) is 10.6. The first-order valence-corrected chi connectivity index (χ1v) is 13.0. The molecule has 0 unspecified atom stereocenters. The highest BCUT2D eigenvalue weighted by atomic mass is 16.5. The van der Waals surface area contributed by atoms with Gasteiger partial charge in [0.25, 0.3) is 0 Å². The fraction of sp³-hybridized carbons (Fsp3) is 0.926. The van der Waals surface area contributed by atoms with Crippen LogP contribution in [0.2, 0.25) is 0 Å². The van der Waals surface area contributed by atoms with Gasteiger partial charge < -0.3 is 14.6 Å². The van der Waals surface area contributed by atoms with E-state index in [9.17, 15) is 14.7 Å². The minimum Gasteiger partial charge on any atom is -0.469 e. The van der Waals surface area contributed by atoms with Gasteiger partial charge in [0.1, 0.15) is 6.10 Å². The average molecular weight is 449 g/mol. The molecular formula is C27H44O5. The number of carbonyl (C=O) groups excluding carboxylic acids is 2. The molecule has 0 spiro atoms. The third-order valence-corrected chi connectivity index (χ3v) is 10.9. The molecule has 5 nitrogen and oxygen atoms in total. The van der Waals surface area contributed by atoms with Gasteiger partial charge in [-0.1, -0.05) is 20.8 Å². The molecule has 9 atom stereocenters. The molecule has 0 aliphatic heterocycles. The Morgan fingerprint density at radius 3 is 2.47 bits per heavy atom. The predicted molar refractivity (Wildman–Crippen MR) is 123 cm³/mol. The van der Waals surface area contributed by atoms with Crippen molar-refractivity contribution in [2.24, 2.45) is 40.4 Å². The molecule has 0 heterocycles. The van der Waals surface area contributed by atoms with Crippen molar-refractivity contribution < 1.29 is 24.2 Å². The Morgan fingerprint density at radius 2 is 1.78 bits per heavy atom. The molecule has 5 heteroatoms. The lowest BCUT2D eigenvalue weighted by Crippen LogP contribution is -2.63. The van der Waals surface area contributed by atoms with E-state index in [1.54, 1.807) is 0 Å². The first-order valence-electron chi connectivity index (χ1n) is 13.0. The Kier molecular flexibility index (Phi) is 6.46. The van der Waals surface area contributed by atoms with Crippen molar-refractivity contribution >= 4 is 11.9 Å². The zero-order valence-electron chi connectivity index (χ0n) is 20.8. The van der Waals surface area contributed by atoms with Gasteiger partial charge in [-0.05, 0) is 98.2 Å². The van der Waals surface area contributed by atoms with E-state index in [1.807, 2.05) is 0 Å². The van der Waals surface area contributed by atoms with Crippen LogP contribution in [0.25, 0.3) is 0 Å². The van der Waals surface area contributed by atoms with Crippen molar-refractivity contribution in [3.63, 3.8) is 0 Å². The number of ether oxygens (including phenoxy) is 2. The number of fused-ring (bicyclic) bond motifs is 5. The van der Waals surface area contributed by atoms with Gasteiger partial charge in [0, 0.05) is 19.8 Å². The van der Waals surface area contributed by atoms with E-state index in [-0.39, 0.29) is 23.5 Å². The Bertz CT molecular complexity index is 736. The van der Waals surface area contributed by atoms with Crippen LogP contribution in [0.3, 0.4) is 0 Å². The van der Waals surface area contributed by atoms with Gasteiger partial charge in [-0.15, -0.1) is 0 Å². The molecule has 0 bridgehead atoms. The number of carbonyl (C=O) groups is 2. The van der Waals surface area contributed by atoms with Gasteiger partial charge in [0.05, 0.1) is 12.7 Å². The Hall–Kier alpha value is -1.10. The molecule has 0 aromatic rings. The van der Waals surface area contributed by atoms with E-state index in [4.69, 9.17) is 9.47 Å². The molecule has 1 N–H and O–H groups in total. The lowest BCUT2D eigenvalue weighted by Gasteiger charge is -2.64. The summed E-state index contributed by atoms with van der Waals surface area (Å²) in [5.41, 5.74) is -0.452. The third-order valence-electron chi connectivity index (χ3n) is 10.9. The smallest absolute Gasteiger partial charge is 0.305 e. The lowest BCUT2D eigenvalue weighted by molar-refractivity contribution is -0.224. The van der Waals surface area contributed by atoms with Crippen molar-refractivity contribution in [2.75, 3.05) is 7.11 Å². The highest BCUT2D eigenvalue weighted by molar-refractivity contribution is 5.69. The number of hydrogen-bond donors (Lipinski definition) is 1. The summed E-state index contributed by atoms with van der Waals surface area (Å²) in [4.78, 5) is 23.2. The summed E-state index contributed by atoms with van der Waals surface area (Å²) in [6, 6.07) is 0. The lowest BCUT2D eigenvalue weighted by atomic mass is 9.43. The minimum absolute atomic E-state index is 0.0809. The molecule has 4 fully saturated rings. The maximum absolute atomic E-state index is 11.8. The van der Waals surface area contributed by atoms with Crippen LogP contribution in [0.4, 0.5) is 0 Å². The number of aliphatic hydroxyl groups is 1. The predicted octanol–water partition coefficient (Wildman–Crippen LogP) is 5.28. The standard InChI is InChI=1S/C27H44O5/c1-17(6-9-24(29)31-5)21-7-8-22-20-11-15-27(30)16-19(32-18(2)28)10-14-26(27,4)23(20)12-13-25(21,22)3/h17,19-23,30H,6-16H2,1-5H3/t17-,19-,20+,21-,22+,23+,25-,26-,27+/m1/s1. The van der Waals surface area contributed by atoms with Gasteiger partial charge in [0.2, 0.25) is 0 Å². The summed E-state index contributed by atoms with van der Waals surface area (Å²) in [5, 5.41) is 11.8. The third kappa shape index (κ3) is 3.80. The maximum atomic E-state index is 11.8. The fourth-order valence-corrected chi connectivity index (χ4v) is 9.17. The second kappa shape index (κ2) is 8.60. The second-order valence-electron chi connectivity index (χ2n) is 12.2. The Balaban J connectivity index is 1.49. The van der Waals surface area contributed by atoms with Crippen LogP contribution < -0.4 is 0 Å². The monoisotopic (exact) mass is 448 g/mol. The highest BCUT2D eigenvalue weighted by Crippen LogP contribution is 2.69. The van der Waals surface area contributed by atoms with E-state index in [2.05, 4.69) is 20.8 Å². The van der Waals surface area contributed by atoms with Gasteiger partial charge in [-0.2, -0.15) is 0 Å². The first-order chi connectivity index (χ1) is 15.0. The molecule has 0 amide bonds. The summed E-state index contributed by atoms with van der Waals surface area (Å²) in [5.74, 6) is 2.84. The molecule has 0 aromatic carbocycles.